The molecule has 0 saturated carbocycles. The molecule has 0 amide bonds. The van der Waals surface area contributed by atoms with E-state index in [-0.39, 0.29) is 37.5 Å². The van der Waals surface area contributed by atoms with Gasteiger partial charge in [0.25, 0.3) is 0 Å². The van der Waals surface area contributed by atoms with E-state index in [4.69, 9.17) is 14.2 Å². The minimum Gasteiger partial charge on any atom is -0.469 e. The van der Waals surface area contributed by atoms with Gasteiger partial charge in [-0.1, -0.05) is 141 Å². The van der Waals surface area contributed by atoms with Gasteiger partial charge < -0.3 is 24.0 Å². The third-order valence-corrected chi connectivity index (χ3v) is 13.0. The Hall–Kier alpha value is -8.23. The van der Waals surface area contributed by atoms with Crippen molar-refractivity contribution in [1.82, 2.24) is 0 Å². The Morgan fingerprint density at radius 3 is 1.33 bits per heavy atom. The molecule has 0 saturated heterocycles. The van der Waals surface area contributed by atoms with Crippen LogP contribution in [0.1, 0.15) is 89.5 Å². The first kappa shape index (κ1) is 50.2. The number of hydrogen-bond acceptors (Lipinski definition) is 8. The molecule has 8 heteroatoms. The molecule has 364 valence electrons. The minimum absolute atomic E-state index is 0.218. The van der Waals surface area contributed by atoms with Crippen LogP contribution in [-0.2, 0) is 61.1 Å². The number of benzene rings is 6. The van der Waals surface area contributed by atoms with Crippen LogP contribution in [-0.4, -0.2) is 25.0 Å². The average molecular weight is 955 g/mol. The Morgan fingerprint density at radius 1 is 0.500 bits per heavy atom. The van der Waals surface area contributed by atoms with Gasteiger partial charge in [-0.2, -0.15) is 0 Å². The highest BCUT2D eigenvalue weighted by Crippen LogP contribution is 2.38. The Labute approximate surface area is 424 Å². The standard InChI is InChI=1S/C64H62N2O6/c1-4-47-11-15-52(16-12-47)45-71-63(68)43-26-50-21-32-57(33-22-50)65(56-9-7-6-8-10-56)60-38-28-54(29-39-60)55-30-40-61(41-31-55)66(58-34-19-49(20-35-58)25-42-62(67)70-3)59-36-23-51(24-37-59)27-44-64(69)72-46-53-17-13-48(5-2)14-18-53/h4-5,7,9-24,28-30,32-40H,1-2,6,8,25-27,31,41-46H2,3H3. The maximum atomic E-state index is 12.7. The van der Waals surface area contributed by atoms with Crippen LogP contribution in [0, 0.1) is 0 Å². The molecule has 0 unspecified atom stereocenters. The van der Waals surface area contributed by atoms with Crippen molar-refractivity contribution >= 4 is 58.4 Å². The summed E-state index contributed by atoms with van der Waals surface area (Å²) < 4.78 is 16.0. The lowest BCUT2D eigenvalue weighted by atomic mass is 9.94. The van der Waals surface area contributed by atoms with Crippen molar-refractivity contribution in [1.29, 1.82) is 0 Å². The van der Waals surface area contributed by atoms with E-state index in [0.717, 1.165) is 98.8 Å². The highest BCUT2D eigenvalue weighted by molar-refractivity contribution is 5.77. The molecule has 0 bridgehead atoms. The van der Waals surface area contributed by atoms with E-state index in [1.54, 1.807) is 12.2 Å². The topological polar surface area (TPSA) is 85.4 Å². The van der Waals surface area contributed by atoms with Crippen LogP contribution in [0.3, 0.4) is 0 Å². The van der Waals surface area contributed by atoms with Crippen molar-refractivity contribution in [2.24, 2.45) is 0 Å². The van der Waals surface area contributed by atoms with E-state index >= 15 is 0 Å². The molecule has 0 spiro atoms. The number of anilines is 4. The monoisotopic (exact) mass is 954 g/mol. The molecule has 0 N–H and O–H groups in total. The number of carbonyl (C=O) groups is 3. The number of hydrogen-bond donors (Lipinski definition) is 0. The fourth-order valence-electron chi connectivity index (χ4n) is 8.82. The molecule has 0 atom stereocenters. The van der Waals surface area contributed by atoms with Gasteiger partial charge in [0.05, 0.1) is 7.11 Å². The van der Waals surface area contributed by atoms with Gasteiger partial charge in [0, 0.05) is 53.4 Å². The first-order chi connectivity index (χ1) is 35.2. The van der Waals surface area contributed by atoms with E-state index < -0.39 is 0 Å². The summed E-state index contributed by atoms with van der Waals surface area (Å²) in [5.41, 5.74) is 16.0. The van der Waals surface area contributed by atoms with Crippen LogP contribution in [0.25, 0.3) is 17.7 Å². The summed E-state index contributed by atoms with van der Waals surface area (Å²) in [6.07, 6.45) is 21.1. The average Bonchev–Trinajstić information content (AvgIpc) is 3.44. The maximum absolute atomic E-state index is 12.7. The molecule has 0 heterocycles. The minimum atomic E-state index is -0.233. The fourth-order valence-corrected chi connectivity index (χ4v) is 8.82. The van der Waals surface area contributed by atoms with Gasteiger partial charge in [0.1, 0.15) is 13.2 Å². The molecule has 6 aromatic carbocycles. The van der Waals surface area contributed by atoms with E-state index in [1.807, 2.05) is 48.5 Å². The molecule has 6 aromatic rings. The van der Waals surface area contributed by atoms with E-state index in [9.17, 15) is 14.4 Å². The Bertz CT molecular complexity index is 2940. The van der Waals surface area contributed by atoms with Crippen molar-refractivity contribution < 1.29 is 28.6 Å². The highest BCUT2D eigenvalue weighted by Gasteiger charge is 2.20. The molecule has 8 nitrogen and oxygen atoms in total. The highest BCUT2D eigenvalue weighted by atomic mass is 16.5. The lowest BCUT2D eigenvalue weighted by Gasteiger charge is -2.30. The number of aryl methyl sites for hydroxylation is 3. The molecule has 2 aliphatic carbocycles. The second-order valence-electron chi connectivity index (χ2n) is 18.0. The summed E-state index contributed by atoms with van der Waals surface area (Å²) in [4.78, 5) is 41.8. The third-order valence-electron chi connectivity index (χ3n) is 13.0. The van der Waals surface area contributed by atoms with Gasteiger partial charge in [-0.3, -0.25) is 14.4 Å². The molecule has 0 aliphatic heterocycles. The van der Waals surface area contributed by atoms with Crippen LogP contribution in [0.2, 0.25) is 0 Å². The number of ether oxygens (including phenoxy) is 3. The van der Waals surface area contributed by atoms with E-state index in [2.05, 4.69) is 150 Å². The zero-order valence-corrected chi connectivity index (χ0v) is 41.1. The largest absolute Gasteiger partial charge is 0.469 e. The van der Waals surface area contributed by atoms with Gasteiger partial charge in [-0.25, -0.2) is 0 Å². The van der Waals surface area contributed by atoms with Crippen LogP contribution in [0.5, 0.6) is 0 Å². The van der Waals surface area contributed by atoms with E-state index in [1.165, 1.54) is 18.2 Å². The molecule has 0 radical (unpaired) electrons. The number of esters is 3. The molecular formula is C64H62N2O6. The summed E-state index contributed by atoms with van der Waals surface area (Å²) in [5, 5.41) is 0. The first-order valence-corrected chi connectivity index (χ1v) is 24.8. The molecular weight excluding hydrogens is 893 g/mol. The lowest BCUT2D eigenvalue weighted by Crippen LogP contribution is -2.18. The molecule has 72 heavy (non-hydrogen) atoms. The van der Waals surface area contributed by atoms with Crippen molar-refractivity contribution in [2.45, 2.75) is 77.4 Å². The summed E-state index contributed by atoms with van der Waals surface area (Å²) >= 11 is 0. The Balaban J connectivity index is 0.944. The normalized spacial score (nSPS) is 12.9. The van der Waals surface area contributed by atoms with Crippen LogP contribution in [0.15, 0.2) is 201 Å². The second-order valence-corrected chi connectivity index (χ2v) is 18.0. The summed E-state index contributed by atoms with van der Waals surface area (Å²) in [5.74, 6) is -0.677. The van der Waals surface area contributed by atoms with Crippen molar-refractivity contribution in [3.05, 3.63) is 245 Å². The molecule has 2 aliphatic rings. The Kier molecular flexibility index (Phi) is 17.5. The van der Waals surface area contributed by atoms with Gasteiger partial charge in [-0.15, -0.1) is 0 Å². The van der Waals surface area contributed by atoms with Crippen LogP contribution in [0.4, 0.5) is 22.7 Å². The third kappa shape index (κ3) is 13.8. The predicted molar refractivity (Wildman–Crippen MR) is 291 cm³/mol. The van der Waals surface area contributed by atoms with E-state index in [0.29, 0.717) is 32.1 Å². The maximum Gasteiger partial charge on any atom is 0.306 e. The molecule has 0 aromatic heterocycles. The number of allylic oxidation sites excluding steroid dienone is 7. The lowest BCUT2D eigenvalue weighted by molar-refractivity contribution is -0.145. The smallest absolute Gasteiger partial charge is 0.306 e. The van der Waals surface area contributed by atoms with Crippen LogP contribution >= 0.6 is 0 Å². The zero-order chi connectivity index (χ0) is 50.1. The van der Waals surface area contributed by atoms with Crippen LogP contribution < -0.4 is 9.80 Å². The van der Waals surface area contributed by atoms with Gasteiger partial charge in [-0.05, 0) is 156 Å². The Morgan fingerprint density at radius 2 is 0.931 bits per heavy atom. The summed E-state index contributed by atoms with van der Waals surface area (Å²) in [6, 6.07) is 49.7. The molecule has 0 fully saturated rings. The number of carbonyl (C=O) groups excluding carboxylic acids is 3. The fraction of sp³-hybridized carbons (Fsp3) is 0.203. The van der Waals surface area contributed by atoms with Crippen molar-refractivity contribution in [3.8, 4) is 0 Å². The number of nitrogens with zero attached hydrogens (tertiary/aromatic N) is 2. The number of methoxy groups -OCH3 is 1. The first-order valence-electron chi connectivity index (χ1n) is 24.8. The number of rotatable bonds is 22. The quantitative estimate of drug-likeness (QED) is 0.0491. The van der Waals surface area contributed by atoms with Gasteiger partial charge in [0.2, 0.25) is 0 Å². The van der Waals surface area contributed by atoms with Crippen molar-refractivity contribution in [3.63, 3.8) is 0 Å². The van der Waals surface area contributed by atoms with Gasteiger partial charge in [0.15, 0.2) is 0 Å². The summed E-state index contributed by atoms with van der Waals surface area (Å²) in [7, 11) is 1.42. The molecule has 8 rings (SSSR count). The second kappa shape index (κ2) is 25.1. The summed E-state index contributed by atoms with van der Waals surface area (Å²) in [6.45, 7) is 8.08. The SMILES string of the molecule is C=Cc1ccc(COC(=O)CCc2ccc(N(C3=CCCC=C3)c3ccc(C4=CC=C(N(c5ccc(CCC(=O)OC)cc5)c5ccc(CCC(=O)OCc6ccc(C=C)cc6)cc5)CC4)cc3)cc2)cc1. The zero-order valence-electron chi connectivity index (χ0n) is 41.1. The van der Waals surface area contributed by atoms with Gasteiger partial charge >= 0.3 is 17.9 Å². The van der Waals surface area contributed by atoms with Crippen molar-refractivity contribution in [2.75, 3.05) is 16.9 Å². The predicted octanol–water partition coefficient (Wildman–Crippen LogP) is 14.7.